The van der Waals surface area contributed by atoms with E-state index in [1.807, 2.05) is 0 Å². The smallest absolute Gasteiger partial charge is 0.416 e. The van der Waals surface area contributed by atoms with Crippen LogP contribution in [0.1, 0.15) is 70.3 Å². The van der Waals surface area contributed by atoms with Crippen molar-refractivity contribution in [1.29, 1.82) is 0 Å². The van der Waals surface area contributed by atoms with Crippen molar-refractivity contribution in [2.75, 3.05) is 6.61 Å². The zero-order valence-electron chi connectivity index (χ0n) is 15.7. The number of alkyl halides is 3. The lowest BCUT2D eigenvalue weighted by atomic mass is 9.69. The minimum absolute atomic E-state index is 0.540. The molecule has 1 aromatic rings. The van der Waals surface area contributed by atoms with E-state index >= 15 is 0 Å². The van der Waals surface area contributed by atoms with Crippen LogP contribution in [0.15, 0.2) is 24.3 Å². The molecule has 0 aromatic heterocycles. The van der Waals surface area contributed by atoms with Crippen molar-refractivity contribution in [3.8, 4) is 5.75 Å². The summed E-state index contributed by atoms with van der Waals surface area (Å²) in [6.07, 6.45) is 7.68. The van der Waals surface area contributed by atoms with E-state index in [4.69, 9.17) is 4.74 Å². The van der Waals surface area contributed by atoms with E-state index in [1.54, 1.807) is 0 Å². The molecule has 2 aliphatic carbocycles. The normalized spacial score (nSPS) is 30.2. The monoisotopic (exact) mass is 368 g/mol. The summed E-state index contributed by atoms with van der Waals surface area (Å²) in [7, 11) is 0. The van der Waals surface area contributed by atoms with E-state index in [0.29, 0.717) is 18.3 Å². The first-order chi connectivity index (χ1) is 12.5. The molecule has 0 amide bonds. The van der Waals surface area contributed by atoms with Gasteiger partial charge in [0.05, 0.1) is 12.2 Å². The van der Waals surface area contributed by atoms with Crippen LogP contribution in [-0.2, 0) is 6.18 Å². The molecule has 1 aromatic carbocycles. The first kappa shape index (κ1) is 19.6. The van der Waals surface area contributed by atoms with E-state index in [-0.39, 0.29) is 0 Å². The summed E-state index contributed by atoms with van der Waals surface area (Å²) in [6, 6.07) is 5.05. The Labute approximate surface area is 155 Å². The molecule has 0 saturated heterocycles. The highest BCUT2D eigenvalue weighted by Gasteiger charge is 2.31. The summed E-state index contributed by atoms with van der Waals surface area (Å²) in [6.45, 7) is 2.94. The second-order valence-electron chi connectivity index (χ2n) is 8.30. The third-order valence-electron chi connectivity index (χ3n) is 6.69. The lowest BCUT2D eigenvalue weighted by Crippen LogP contribution is -2.27. The minimum atomic E-state index is -4.28. The predicted molar refractivity (Wildman–Crippen MR) is 98.1 cm³/mol. The number of halogens is 3. The SMILES string of the molecule is CCC1CCC(C2CCC(COc3ccc(C(F)(F)F)cc3)CC2)CC1. The van der Waals surface area contributed by atoms with Gasteiger partial charge in [0.2, 0.25) is 0 Å². The van der Waals surface area contributed by atoms with Gasteiger partial charge in [-0.05, 0) is 86.5 Å². The Hall–Kier alpha value is -1.19. The van der Waals surface area contributed by atoms with Gasteiger partial charge in [0, 0.05) is 0 Å². The van der Waals surface area contributed by atoms with Crippen LogP contribution < -0.4 is 4.74 Å². The van der Waals surface area contributed by atoms with Crippen molar-refractivity contribution in [3.63, 3.8) is 0 Å². The number of ether oxygens (including phenoxy) is 1. The van der Waals surface area contributed by atoms with Crippen LogP contribution >= 0.6 is 0 Å². The Morgan fingerprint density at radius 2 is 1.31 bits per heavy atom. The molecule has 2 fully saturated rings. The molecule has 4 heteroatoms. The largest absolute Gasteiger partial charge is 0.493 e. The standard InChI is InChI=1S/C22H31F3O/c1-2-16-3-7-18(8-4-16)19-9-5-17(6-10-19)15-26-21-13-11-20(12-14-21)22(23,24)25/h11-14,16-19H,2-10,15H2,1H3. The number of rotatable bonds is 5. The van der Waals surface area contributed by atoms with Crippen LogP contribution in [-0.4, -0.2) is 6.61 Å². The maximum atomic E-state index is 12.6. The summed E-state index contributed by atoms with van der Waals surface area (Å²) in [5, 5.41) is 0. The fourth-order valence-electron chi connectivity index (χ4n) is 4.85. The van der Waals surface area contributed by atoms with E-state index in [0.717, 1.165) is 29.9 Å². The van der Waals surface area contributed by atoms with Gasteiger partial charge in [-0.2, -0.15) is 13.2 Å². The fraction of sp³-hybridized carbons (Fsp3) is 0.727. The quantitative estimate of drug-likeness (QED) is 0.538. The van der Waals surface area contributed by atoms with Gasteiger partial charge in [0.1, 0.15) is 5.75 Å². The zero-order chi connectivity index (χ0) is 18.6. The average Bonchev–Trinajstić information content (AvgIpc) is 2.66. The maximum absolute atomic E-state index is 12.6. The van der Waals surface area contributed by atoms with Gasteiger partial charge >= 0.3 is 6.18 Å². The zero-order valence-corrected chi connectivity index (χ0v) is 15.7. The average molecular weight is 368 g/mol. The number of hydrogen-bond acceptors (Lipinski definition) is 1. The molecular formula is C22H31F3O. The molecule has 0 spiro atoms. The Bertz CT molecular complexity index is 536. The molecule has 0 unspecified atom stereocenters. The molecule has 2 aliphatic rings. The Balaban J connectivity index is 1.39. The second kappa shape index (κ2) is 8.67. The first-order valence-electron chi connectivity index (χ1n) is 10.3. The van der Waals surface area contributed by atoms with Gasteiger partial charge in [-0.1, -0.05) is 26.2 Å². The van der Waals surface area contributed by atoms with Gasteiger partial charge in [-0.15, -0.1) is 0 Å². The van der Waals surface area contributed by atoms with Crippen LogP contribution in [0.3, 0.4) is 0 Å². The highest BCUT2D eigenvalue weighted by Crippen LogP contribution is 2.42. The van der Waals surface area contributed by atoms with E-state index in [9.17, 15) is 13.2 Å². The molecule has 26 heavy (non-hydrogen) atoms. The minimum Gasteiger partial charge on any atom is -0.493 e. The molecule has 0 N–H and O–H groups in total. The molecule has 146 valence electrons. The molecule has 3 rings (SSSR count). The first-order valence-corrected chi connectivity index (χ1v) is 10.3. The molecule has 0 bridgehead atoms. The van der Waals surface area contributed by atoms with Gasteiger partial charge in [0.15, 0.2) is 0 Å². The summed E-state index contributed by atoms with van der Waals surface area (Å²) < 4.78 is 43.5. The van der Waals surface area contributed by atoms with Crippen LogP contribution in [0.5, 0.6) is 5.75 Å². The van der Waals surface area contributed by atoms with Crippen LogP contribution in [0.25, 0.3) is 0 Å². The summed E-state index contributed by atoms with van der Waals surface area (Å²) in [5.74, 6) is 3.85. The topological polar surface area (TPSA) is 9.23 Å². The maximum Gasteiger partial charge on any atom is 0.416 e. The Kier molecular flexibility index (Phi) is 6.52. The van der Waals surface area contributed by atoms with Crippen molar-refractivity contribution < 1.29 is 17.9 Å². The molecule has 2 saturated carbocycles. The number of benzene rings is 1. The number of hydrogen-bond donors (Lipinski definition) is 0. The van der Waals surface area contributed by atoms with Gasteiger partial charge in [-0.3, -0.25) is 0 Å². The van der Waals surface area contributed by atoms with Crippen molar-refractivity contribution in [2.45, 2.75) is 70.9 Å². The van der Waals surface area contributed by atoms with Crippen molar-refractivity contribution in [2.24, 2.45) is 23.7 Å². The van der Waals surface area contributed by atoms with E-state index in [2.05, 4.69) is 6.92 Å². The summed E-state index contributed by atoms with van der Waals surface area (Å²) >= 11 is 0. The summed E-state index contributed by atoms with van der Waals surface area (Å²) in [5.41, 5.74) is -0.622. The van der Waals surface area contributed by atoms with Gasteiger partial charge in [-0.25, -0.2) is 0 Å². The van der Waals surface area contributed by atoms with Crippen LogP contribution in [0, 0.1) is 23.7 Å². The van der Waals surface area contributed by atoms with E-state index in [1.165, 1.54) is 69.9 Å². The highest BCUT2D eigenvalue weighted by atomic mass is 19.4. The lowest BCUT2D eigenvalue weighted by Gasteiger charge is -2.37. The van der Waals surface area contributed by atoms with Gasteiger partial charge in [0.25, 0.3) is 0 Å². The second-order valence-corrected chi connectivity index (χ2v) is 8.30. The van der Waals surface area contributed by atoms with Crippen LogP contribution in [0.4, 0.5) is 13.2 Å². The molecule has 0 heterocycles. The van der Waals surface area contributed by atoms with Crippen molar-refractivity contribution in [1.82, 2.24) is 0 Å². The lowest BCUT2D eigenvalue weighted by molar-refractivity contribution is -0.137. The van der Waals surface area contributed by atoms with Crippen molar-refractivity contribution >= 4 is 0 Å². The third-order valence-corrected chi connectivity index (χ3v) is 6.69. The molecular weight excluding hydrogens is 337 g/mol. The highest BCUT2D eigenvalue weighted by molar-refractivity contribution is 5.28. The summed E-state index contributed by atoms with van der Waals surface area (Å²) in [4.78, 5) is 0. The molecule has 1 nitrogen and oxygen atoms in total. The van der Waals surface area contributed by atoms with E-state index < -0.39 is 11.7 Å². The third kappa shape index (κ3) is 5.17. The van der Waals surface area contributed by atoms with Gasteiger partial charge < -0.3 is 4.74 Å². The Morgan fingerprint density at radius 1 is 0.808 bits per heavy atom. The Morgan fingerprint density at radius 3 is 1.77 bits per heavy atom. The molecule has 0 aliphatic heterocycles. The van der Waals surface area contributed by atoms with Crippen LogP contribution in [0.2, 0.25) is 0 Å². The molecule has 0 radical (unpaired) electrons. The van der Waals surface area contributed by atoms with Crippen molar-refractivity contribution in [3.05, 3.63) is 29.8 Å². The molecule has 0 atom stereocenters. The predicted octanol–water partition coefficient (Wildman–Crippen LogP) is 7.11. The fourth-order valence-corrected chi connectivity index (χ4v) is 4.85.